The second-order valence-corrected chi connectivity index (χ2v) is 5.23. The maximum Gasteiger partial charge on any atom is 0.238 e. The number of pyridine rings is 1. The Morgan fingerprint density at radius 3 is 2.10 bits per heavy atom. The van der Waals surface area contributed by atoms with Crippen LogP contribution in [0.4, 0.5) is 0 Å². The van der Waals surface area contributed by atoms with Crippen LogP contribution < -0.4 is 18.9 Å². The topological polar surface area (TPSA) is 49.8 Å². The Morgan fingerprint density at radius 1 is 1.00 bits per heavy atom. The van der Waals surface area contributed by atoms with Crippen LogP contribution in [-0.4, -0.2) is 26.3 Å². The van der Waals surface area contributed by atoms with Crippen molar-refractivity contribution in [1.29, 1.82) is 0 Å². The lowest BCUT2D eigenvalue weighted by Gasteiger charge is -2.14. The fourth-order valence-corrected chi connectivity index (χ4v) is 2.37. The zero-order valence-electron chi connectivity index (χ0n) is 11.6. The molecule has 0 radical (unpaired) electrons. The summed E-state index contributed by atoms with van der Waals surface area (Å²) in [6.07, 6.45) is 1.60. The summed E-state index contributed by atoms with van der Waals surface area (Å²) in [6, 6.07) is 5.03. The Balaban J connectivity index is 2.40. The molecule has 0 saturated heterocycles. The molecule has 0 unspecified atom stereocenters. The minimum Gasteiger partial charge on any atom is -0.493 e. The summed E-state index contributed by atoms with van der Waals surface area (Å²) in [5.74, 6) is 2.22. The standard InChI is InChI=1S/C14H13BrClNO4/c1-18-11-5-9(6-12(19-2)13(11)20-3)21-14-10(16)4-8(15)7-17-14/h4-7H,1-3H3. The van der Waals surface area contributed by atoms with E-state index in [1.165, 1.54) is 21.3 Å². The molecule has 0 bridgehead atoms. The Kier molecular flexibility index (Phi) is 5.14. The van der Waals surface area contributed by atoms with E-state index in [9.17, 15) is 0 Å². The Hall–Kier alpha value is -1.66. The van der Waals surface area contributed by atoms with Gasteiger partial charge in [0.05, 0.1) is 21.3 Å². The number of aromatic nitrogens is 1. The zero-order chi connectivity index (χ0) is 15.4. The van der Waals surface area contributed by atoms with E-state index >= 15 is 0 Å². The number of ether oxygens (including phenoxy) is 4. The largest absolute Gasteiger partial charge is 0.493 e. The van der Waals surface area contributed by atoms with Gasteiger partial charge in [-0.2, -0.15) is 0 Å². The number of rotatable bonds is 5. The molecule has 0 N–H and O–H groups in total. The molecule has 112 valence electrons. The average Bonchev–Trinajstić information content (AvgIpc) is 2.49. The van der Waals surface area contributed by atoms with Crippen LogP contribution in [0.2, 0.25) is 5.02 Å². The van der Waals surface area contributed by atoms with Crippen LogP contribution >= 0.6 is 27.5 Å². The first kappa shape index (κ1) is 15.7. The molecule has 0 saturated carbocycles. The van der Waals surface area contributed by atoms with Gasteiger partial charge in [-0.05, 0) is 22.0 Å². The first-order valence-corrected chi connectivity index (χ1v) is 7.05. The summed E-state index contributed by atoms with van der Waals surface area (Å²) in [5.41, 5.74) is 0. The molecule has 21 heavy (non-hydrogen) atoms. The second kappa shape index (κ2) is 6.87. The van der Waals surface area contributed by atoms with E-state index < -0.39 is 0 Å². The van der Waals surface area contributed by atoms with Crippen LogP contribution in [0.5, 0.6) is 28.9 Å². The SMILES string of the molecule is COc1cc(Oc2ncc(Br)cc2Cl)cc(OC)c1OC. The van der Waals surface area contributed by atoms with Gasteiger partial charge in [-0.25, -0.2) is 4.98 Å². The summed E-state index contributed by atoms with van der Waals surface area (Å²) >= 11 is 9.37. The highest BCUT2D eigenvalue weighted by atomic mass is 79.9. The van der Waals surface area contributed by atoms with Crippen molar-refractivity contribution >= 4 is 27.5 Å². The number of hydrogen-bond donors (Lipinski definition) is 0. The summed E-state index contributed by atoms with van der Waals surface area (Å²) in [7, 11) is 4.60. The van der Waals surface area contributed by atoms with E-state index in [1.807, 2.05) is 0 Å². The molecule has 1 heterocycles. The number of hydrogen-bond acceptors (Lipinski definition) is 5. The predicted molar refractivity (Wildman–Crippen MR) is 83.1 cm³/mol. The molecular weight excluding hydrogens is 362 g/mol. The van der Waals surface area contributed by atoms with E-state index in [4.69, 9.17) is 30.5 Å². The van der Waals surface area contributed by atoms with Gasteiger partial charge in [0.1, 0.15) is 10.8 Å². The van der Waals surface area contributed by atoms with Gasteiger partial charge < -0.3 is 18.9 Å². The van der Waals surface area contributed by atoms with Crippen LogP contribution in [0.15, 0.2) is 28.9 Å². The van der Waals surface area contributed by atoms with Gasteiger partial charge in [0, 0.05) is 22.8 Å². The first-order valence-electron chi connectivity index (χ1n) is 5.88. The lowest BCUT2D eigenvalue weighted by molar-refractivity contribution is 0.320. The predicted octanol–water partition coefficient (Wildman–Crippen LogP) is 4.32. The molecule has 0 atom stereocenters. The van der Waals surface area contributed by atoms with Crippen molar-refractivity contribution in [3.05, 3.63) is 33.9 Å². The van der Waals surface area contributed by atoms with Crippen LogP contribution in [0.3, 0.4) is 0 Å². The molecule has 0 aliphatic carbocycles. The minimum atomic E-state index is 0.286. The second-order valence-electron chi connectivity index (χ2n) is 3.90. The molecule has 0 amide bonds. The molecule has 0 aliphatic heterocycles. The van der Waals surface area contributed by atoms with Crippen molar-refractivity contribution < 1.29 is 18.9 Å². The first-order chi connectivity index (χ1) is 10.1. The Labute approximate surface area is 135 Å². The number of halogens is 2. The Bertz CT molecular complexity index is 626. The quantitative estimate of drug-likeness (QED) is 0.780. The molecule has 5 nitrogen and oxygen atoms in total. The fourth-order valence-electron chi connectivity index (χ4n) is 1.70. The molecule has 1 aromatic heterocycles. The van der Waals surface area contributed by atoms with Crippen molar-refractivity contribution in [2.45, 2.75) is 0 Å². The van der Waals surface area contributed by atoms with Crippen molar-refractivity contribution in [3.63, 3.8) is 0 Å². The zero-order valence-corrected chi connectivity index (χ0v) is 14.0. The van der Waals surface area contributed by atoms with Gasteiger partial charge in [-0.1, -0.05) is 11.6 Å². The third-order valence-corrected chi connectivity index (χ3v) is 3.33. The van der Waals surface area contributed by atoms with E-state index in [0.717, 1.165) is 4.47 Å². The van der Waals surface area contributed by atoms with Crippen LogP contribution in [0.1, 0.15) is 0 Å². The average molecular weight is 375 g/mol. The highest BCUT2D eigenvalue weighted by Gasteiger charge is 2.15. The van der Waals surface area contributed by atoms with Gasteiger partial charge in [-0.15, -0.1) is 0 Å². The van der Waals surface area contributed by atoms with E-state index in [1.54, 1.807) is 24.4 Å². The smallest absolute Gasteiger partial charge is 0.238 e. The Morgan fingerprint density at radius 2 is 1.62 bits per heavy atom. The molecule has 0 aliphatic rings. The number of methoxy groups -OCH3 is 3. The van der Waals surface area contributed by atoms with Crippen LogP contribution in [-0.2, 0) is 0 Å². The fraction of sp³-hybridized carbons (Fsp3) is 0.214. The summed E-state index contributed by atoms with van der Waals surface area (Å²) in [6.45, 7) is 0. The number of nitrogens with zero attached hydrogens (tertiary/aromatic N) is 1. The van der Waals surface area contributed by atoms with E-state index in [-0.39, 0.29) is 5.88 Å². The monoisotopic (exact) mass is 373 g/mol. The molecule has 0 fully saturated rings. The van der Waals surface area contributed by atoms with Crippen LogP contribution in [0, 0.1) is 0 Å². The number of benzene rings is 1. The van der Waals surface area contributed by atoms with E-state index in [2.05, 4.69) is 20.9 Å². The molecule has 7 heteroatoms. The van der Waals surface area contributed by atoms with Gasteiger partial charge in [0.2, 0.25) is 11.6 Å². The van der Waals surface area contributed by atoms with E-state index in [0.29, 0.717) is 28.0 Å². The molecule has 0 spiro atoms. The van der Waals surface area contributed by atoms with Crippen molar-refractivity contribution in [2.75, 3.05) is 21.3 Å². The van der Waals surface area contributed by atoms with Gasteiger partial charge in [0.15, 0.2) is 11.5 Å². The highest BCUT2D eigenvalue weighted by molar-refractivity contribution is 9.10. The summed E-state index contributed by atoms with van der Waals surface area (Å²) in [4.78, 5) is 4.11. The van der Waals surface area contributed by atoms with Crippen LogP contribution in [0.25, 0.3) is 0 Å². The minimum absolute atomic E-state index is 0.286. The lowest BCUT2D eigenvalue weighted by Crippen LogP contribution is -1.96. The molecule has 2 aromatic rings. The third-order valence-electron chi connectivity index (χ3n) is 2.63. The molecule has 2 rings (SSSR count). The van der Waals surface area contributed by atoms with Crippen molar-refractivity contribution in [3.8, 4) is 28.9 Å². The summed E-state index contributed by atoms with van der Waals surface area (Å²) in [5, 5.41) is 0.387. The maximum absolute atomic E-state index is 6.08. The highest BCUT2D eigenvalue weighted by Crippen LogP contribution is 2.42. The maximum atomic E-state index is 6.08. The van der Waals surface area contributed by atoms with Gasteiger partial charge in [0.25, 0.3) is 0 Å². The van der Waals surface area contributed by atoms with Gasteiger partial charge in [-0.3, -0.25) is 0 Å². The van der Waals surface area contributed by atoms with Crippen molar-refractivity contribution in [2.24, 2.45) is 0 Å². The van der Waals surface area contributed by atoms with Crippen molar-refractivity contribution in [1.82, 2.24) is 4.98 Å². The normalized spacial score (nSPS) is 10.1. The summed E-state index contributed by atoms with van der Waals surface area (Å²) < 4.78 is 22.2. The lowest BCUT2D eigenvalue weighted by atomic mass is 10.2. The third kappa shape index (κ3) is 3.51. The van der Waals surface area contributed by atoms with Gasteiger partial charge >= 0.3 is 0 Å². The molecule has 1 aromatic carbocycles. The molecular formula is C14H13BrClNO4.